The van der Waals surface area contributed by atoms with E-state index in [9.17, 15) is 4.79 Å². The molecule has 0 saturated carbocycles. The van der Waals surface area contributed by atoms with Gasteiger partial charge in [0.25, 0.3) is 0 Å². The normalized spacial score (nSPS) is 10.2. The van der Waals surface area contributed by atoms with Gasteiger partial charge >= 0.3 is 5.97 Å². The maximum absolute atomic E-state index is 10.2. The van der Waals surface area contributed by atoms with E-state index in [2.05, 4.69) is 20.8 Å². The number of carboxylic acid groups (broad SMARTS) is 1. The lowest BCUT2D eigenvalue weighted by Crippen LogP contribution is -2.04. The second-order valence-electron chi connectivity index (χ2n) is 6.26. The highest BCUT2D eigenvalue weighted by Crippen LogP contribution is 2.22. The van der Waals surface area contributed by atoms with Gasteiger partial charge in [0.05, 0.1) is 0 Å². The first-order chi connectivity index (χ1) is 8.56. The van der Waals surface area contributed by atoms with Gasteiger partial charge in [-0.05, 0) is 45.9 Å². The predicted molar refractivity (Wildman–Crippen MR) is 84.5 cm³/mol. The van der Waals surface area contributed by atoms with Crippen LogP contribution in [-0.4, -0.2) is 43.7 Å². The third-order valence-corrected chi connectivity index (χ3v) is 1.82. The molecule has 0 unspecified atom stereocenters. The molecule has 0 aliphatic carbocycles. The highest BCUT2D eigenvalue weighted by Gasteiger charge is 2.08. The molecule has 19 heavy (non-hydrogen) atoms. The van der Waals surface area contributed by atoms with Crippen LogP contribution in [0.4, 0.5) is 0 Å². The van der Waals surface area contributed by atoms with E-state index >= 15 is 0 Å². The maximum Gasteiger partial charge on any atom is 0.303 e. The number of unbranched alkanes of at least 4 members (excludes halogenated alkanes) is 2. The van der Waals surface area contributed by atoms with E-state index in [4.69, 9.17) is 10.8 Å². The van der Waals surface area contributed by atoms with Gasteiger partial charge in [0.1, 0.15) is 0 Å². The van der Waals surface area contributed by atoms with Crippen molar-refractivity contribution in [2.75, 3.05) is 27.7 Å². The van der Waals surface area contributed by atoms with Gasteiger partial charge in [-0.2, -0.15) is 0 Å². The Balaban J connectivity index is -0.000000303. The van der Waals surface area contributed by atoms with E-state index in [-0.39, 0.29) is 0 Å². The van der Waals surface area contributed by atoms with Crippen molar-refractivity contribution in [2.24, 2.45) is 11.1 Å². The molecule has 0 bridgehead atoms. The van der Waals surface area contributed by atoms with E-state index in [1.54, 1.807) is 0 Å². The van der Waals surface area contributed by atoms with Crippen LogP contribution in [0.5, 0.6) is 0 Å². The molecule has 0 rings (SSSR count). The van der Waals surface area contributed by atoms with Gasteiger partial charge < -0.3 is 15.7 Å². The molecule has 0 aromatic heterocycles. The number of carboxylic acids is 1. The Morgan fingerprint density at radius 2 is 1.47 bits per heavy atom. The molecule has 0 amide bonds. The third-order valence-electron chi connectivity index (χ3n) is 1.82. The summed E-state index contributed by atoms with van der Waals surface area (Å²) >= 11 is 0. The minimum absolute atomic E-state index is 0.324. The molecule has 0 fully saturated rings. The van der Waals surface area contributed by atoms with Crippen molar-refractivity contribution >= 4 is 5.97 Å². The zero-order valence-corrected chi connectivity index (χ0v) is 14.1. The summed E-state index contributed by atoms with van der Waals surface area (Å²) in [5, 5.41) is 8.37. The summed E-state index contributed by atoms with van der Waals surface area (Å²) in [5.41, 5.74) is 5.24. The number of carbonyl (C=O) groups is 1. The molecule has 0 heterocycles. The topological polar surface area (TPSA) is 66.6 Å². The first-order valence-electron chi connectivity index (χ1n) is 7.09. The molecule has 4 nitrogen and oxygen atoms in total. The van der Waals surface area contributed by atoms with E-state index in [1.807, 2.05) is 33.0 Å². The Hall–Kier alpha value is -0.610. The van der Waals surface area contributed by atoms with Crippen LogP contribution in [0.25, 0.3) is 0 Å². The number of nitrogens with zero attached hydrogens (tertiary/aromatic N) is 1. The second kappa shape index (κ2) is 15.4. The van der Waals surface area contributed by atoms with Gasteiger partial charge in [-0.15, -0.1) is 0 Å². The van der Waals surface area contributed by atoms with Crippen molar-refractivity contribution in [2.45, 2.75) is 59.8 Å². The third kappa shape index (κ3) is 58.5. The molecular formula is C15H36N2O2. The molecule has 4 heteroatoms. The van der Waals surface area contributed by atoms with Crippen LogP contribution in [0, 0.1) is 5.41 Å². The van der Waals surface area contributed by atoms with E-state index < -0.39 is 5.97 Å². The zero-order chi connectivity index (χ0) is 15.9. The lowest BCUT2D eigenvalue weighted by atomic mass is 9.89. The average molecular weight is 276 g/mol. The standard InChI is InChI=1S/C10H20O2.C3H9N.C2H7N/c1-10(2,3)8-6-4-5-7-9(11)12;1-4(2)3;1-2-3/h4-8H2,1-3H3,(H,11,12);1-3H3;2-3H2,1H3. The Labute approximate surface area is 120 Å². The van der Waals surface area contributed by atoms with Crippen LogP contribution in [0.1, 0.15) is 59.8 Å². The van der Waals surface area contributed by atoms with Crippen molar-refractivity contribution < 1.29 is 9.90 Å². The van der Waals surface area contributed by atoms with Crippen LogP contribution in [-0.2, 0) is 4.79 Å². The predicted octanol–water partition coefficient (Wildman–Crippen LogP) is 3.21. The van der Waals surface area contributed by atoms with Gasteiger partial charge in [0.2, 0.25) is 0 Å². The summed E-state index contributed by atoms with van der Waals surface area (Å²) in [5.74, 6) is -0.675. The van der Waals surface area contributed by atoms with E-state index in [1.165, 1.54) is 6.42 Å². The van der Waals surface area contributed by atoms with Crippen LogP contribution in [0.2, 0.25) is 0 Å². The average Bonchev–Trinajstić information content (AvgIpc) is 2.14. The fourth-order valence-corrected chi connectivity index (χ4v) is 1.11. The number of aliphatic carboxylic acids is 1. The summed E-state index contributed by atoms with van der Waals surface area (Å²) in [6.45, 7) is 9.29. The molecular weight excluding hydrogens is 240 g/mol. The molecule has 0 radical (unpaired) electrons. The van der Waals surface area contributed by atoms with Crippen LogP contribution >= 0.6 is 0 Å². The monoisotopic (exact) mass is 276 g/mol. The molecule has 118 valence electrons. The quantitative estimate of drug-likeness (QED) is 0.757. The summed E-state index contributed by atoms with van der Waals surface area (Å²) in [7, 11) is 6.00. The second-order valence-corrected chi connectivity index (χ2v) is 6.26. The highest BCUT2D eigenvalue weighted by molar-refractivity contribution is 5.66. The van der Waals surface area contributed by atoms with Crippen LogP contribution in [0.15, 0.2) is 0 Å². The number of hydrogen-bond acceptors (Lipinski definition) is 3. The SMILES string of the molecule is CC(C)(C)CCCCCC(=O)O.CCN.CN(C)C. The maximum atomic E-state index is 10.2. The van der Waals surface area contributed by atoms with Gasteiger partial charge in [0, 0.05) is 6.42 Å². The summed E-state index contributed by atoms with van der Waals surface area (Å²) < 4.78 is 0. The van der Waals surface area contributed by atoms with Gasteiger partial charge in [0.15, 0.2) is 0 Å². The molecule has 0 aliphatic heterocycles. The Kier molecular flexibility index (Phi) is 19.1. The van der Waals surface area contributed by atoms with Crippen LogP contribution in [0.3, 0.4) is 0 Å². The van der Waals surface area contributed by atoms with Crippen LogP contribution < -0.4 is 5.73 Å². The summed E-state index contributed by atoms with van der Waals surface area (Å²) in [6.07, 6.45) is 4.53. The molecule has 0 aromatic carbocycles. The lowest BCUT2D eigenvalue weighted by Gasteiger charge is -2.17. The van der Waals surface area contributed by atoms with Gasteiger partial charge in [-0.25, -0.2) is 0 Å². The minimum Gasteiger partial charge on any atom is -0.481 e. The summed E-state index contributed by atoms with van der Waals surface area (Å²) in [6, 6.07) is 0. The lowest BCUT2D eigenvalue weighted by molar-refractivity contribution is -0.137. The van der Waals surface area contributed by atoms with Crippen molar-refractivity contribution in [1.82, 2.24) is 4.90 Å². The molecule has 0 aromatic rings. The van der Waals surface area contributed by atoms with Crippen molar-refractivity contribution in [3.63, 3.8) is 0 Å². The molecule has 0 atom stereocenters. The first kappa shape index (κ1) is 23.5. The van der Waals surface area contributed by atoms with Crippen molar-refractivity contribution in [3.8, 4) is 0 Å². The molecule has 0 aliphatic rings. The fourth-order valence-electron chi connectivity index (χ4n) is 1.11. The largest absolute Gasteiger partial charge is 0.481 e. The van der Waals surface area contributed by atoms with Crippen molar-refractivity contribution in [1.29, 1.82) is 0 Å². The van der Waals surface area contributed by atoms with Gasteiger partial charge in [-0.3, -0.25) is 4.79 Å². The molecule has 3 N–H and O–H groups in total. The highest BCUT2D eigenvalue weighted by atomic mass is 16.4. The Morgan fingerprint density at radius 3 is 1.74 bits per heavy atom. The summed E-state index contributed by atoms with van der Waals surface area (Å²) in [4.78, 5) is 12.2. The van der Waals surface area contributed by atoms with E-state index in [0.29, 0.717) is 11.8 Å². The molecule has 0 saturated heterocycles. The fraction of sp³-hybridized carbons (Fsp3) is 0.933. The zero-order valence-electron chi connectivity index (χ0n) is 14.1. The number of nitrogens with two attached hydrogens (primary N) is 1. The number of rotatable bonds is 5. The first-order valence-corrected chi connectivity index (χ1v) is 7.09. The minimum atomic E-state index is -0.675. The Bertz CT molecular complexity index is 184. The molecule has 0 spiro atoms. The number of hydrogen-bond donors (Lipinski definition) is 2. The van der Waals surface area contributed by atoms with Gasteiger partial charge in [-0.1, -0.05) is 40.5 Å². The van der Waals surface area contributed by atoms with E-state index in [0.717, 1.165) is 25.8 Å². The smallest absolute Gasteiger partial charge is 0.303 e. The Morgan fingerprint density at radius 1 is 1.11 bits per heavy atom. The van der Waals surface area contributed by atoms with Crippen molar-refractivity contribution in [3.05, 3.63) is 0 Å².